The number of anilines is 1. The summed E-state index contributed by atoms with van der Waals surface area (Å²) in [5.41, 5.74) is 3.07. The van der Waals surface area contributed by atoms with Crippen LogP contribution in [0.4, 0.5) is 5.69 Å². The van der Waals surface area contributed by atoms with E-state index in [-0.39, 0.29) is 5.91 Å². The molecule has 27 heavy (non-hydrogen) atoms. The molecule has 4 rings (SSSR count). The van der Waals surface area contributed by atoms with E-state index >= 15 is 0 Å². The van der Waals surface area contributed by atoms with Crippen molar-refractivity contribution in [1.82, 2.24) is 4.98 Å². The fraction of sp³-hybridized carbons (Fsp3) is 0. The van der Waals surface area contributed by atoms with Crippen LogP contribution in [-0.2, 0) is 0 Å². The Bertz CT molecular complexity index is 1170. The topological polar surface area (TPSA) is 55.1 Å². The second-order valence-corrected chi connectivity index (χ2v) is 7.55. The molecule has 0 unspecified atom stereocenters. The summed E-state index contributed by atoms with van der Waals surface area (Å²) >= 11 is 15.4. The highest BCUT2D eigenvalue weighted by Crippen LogP contribution is 2.28. The van der Waals surface area contributed by atoms with Gasteiger partial charge < -0.3 is 9.73 Å². The number of hydrogen-bond acceptors (Lipinski definition) is 3. The Kier molecular flexibility index (Phi) is 4.91. The number of rotatable bonds is 3. The van der Waals surface area contributed by atoms with Crippen LogP contribution in [0.3, 0.4) is 0 Å². The van der Waals surface area contributed by atoms with Crippen LogP contribution in [0.25, 0.3) is 22.6 Å². The lowest BCUT2D eigenvalue weighted by Gasteiger charge is -2.06. The normalized spacial score (nSPS) is 10.9. The Labute approximate surface area is 173 Å². The van der Waals surface area contributed by atoms with Crippen LogP contribution in [0.5, 0.6) is 0 Å². The Morgan fingerprint density at radius 2 is 1.89 bits per heavy atom. The van der Waals surface area contributed by atoms with E-state index in [2.05, 4.69) is 26.2 Å². The average molecular weight is 462 g/mol. The highest BCUT2D eigenvalue weighted by atomic mass is 79.9. The van der Waals surface area contributed by atoms with Gasteiger partial charge in [-0.1, -0.05) is 45.2 Å². The molecular formula is C20H11BrCl2N2O2. The van der Waals surface area contributed by atoms with Crippen molar-refractivity contribution in [1.29, 1.82) is 0 Å². The smallest absolute Gasteiger partial charge is 0.257 e. The van der Waals surface area contributed by atoms with Gasteiger partial charge >= 0.3 is 0 Å². The van der Waals surface area contributed by atoms with Gasteiger partial charge in [-0.05, 0) is 54.6 Å². The van der Waals surface area contributed by atoms with Gasteiger partial charge in [-0.15, -0.1) is 0 Å². The van der Waals surface area contributed by atoms with Gasteiger partial charge in [0.25, 0.3) is 5.91 Å². The number of fused-ring (bicyclic) bond motifs is 1. The predicted molar refractivity (Wildman–Crippen MR) is 112 cm³/mol. The van der Waals surface area contributed by atoms with Crippen molar-refractivity contribution >= 4 is 61.8 Å². The SMILES string of the molecule is O=C(Nc1ccc2oc(-c3cccc(Br)c3)nc2c1)c1ccc(Cl)cc1Cl. The molecule has 0 aliphatic heterocycles. The lowest BCUT2D eigenvalue weighted by molar-refractivity contribution is 0.102. The zero-order valence-corrected chi connectivity index (χ0v) is 16.8. The van der Waals surface area contributed by atoms with Crippen LogP contribution in [0.1, 0.15) is 10.4 Å². The molecule has 1 aromatic heterocycles. The summed E-state index contributed by atoms with van der Waals surface area (Å²) in [5.74, 6) is 0.183. The number of amides is 1. The molecule has 0 fully saturated rings. The van der Waals surface area contributed by atoms with Crippen LogP contribution >= 0.6 is 39.1 Å². The van der Waals surface area contributed by atoms with Crippen LogP contribution in [0, 0.1) is 0 Å². The summed E-state index contributed by atoms with van der Waals surface area (Å²) in [4.78, 5) is 17.0. The van der Waals surface area contributed by atoms with Gasteiger partial charge in [0.1, 0.15) is 5.52 Å². The highest BCUT2D eigenvalue weighted by molar-refractivity contribution is 9.10. The Morgan fingerprint density at radius 3 is 2.67 bits per heavy atom. The molecule has 0 radical (unpaired) electrons. The summed E-state index contributed by atoms with van der Waals surface area (Å²) in [6.07, 6.45) is 0. The molecular weight excluding hydrogens is 451 g/mol. The van der Waals surface area contributed by atoms with Gasteiger partial charge in [0, 0.05) is 20.7 Å². The maximum atomic E-state index is 12.5. The summed E-state index contributed by atoms with van der Waals surface area (Å²) in [5, 5.41) is 3.58. The average Bonchev–Trinajstić information content (AvgIpc) is 3.05. The zero-order chi connectivity index (χ0) is 19.0. The third-order valence-corrected chi connectivity index (χ3v) is 4.93. The number of benzene rings is 3. The third-order valence-electron chi connectivity index (χ3n) is 3.89. The monoisotopic (exact) mass is 460 g/mol. The molecule has 0 saturated heterocycles. The molecule has 1 amide bonds. The molecule has 4 nitrogen and oxygen atoms in total. The fourth-order valence-corrected chi connectivity index (χ4v) is 3.52. The van der Waals surface area contributed by atoms with Gasteiger partial charge in [-0.3, -0.25) is 4.79 Å². The molecule has 0 atom stereocenters. The Hall–Kier alpha value is -2.34. The molecule has 0 spiro atoms. The number of oxazole rings is 1. The van der Waals surface area contributed by atoms with E-state index < -0.39 is 0 Å². The van der Waals surface area contributed by atoms with E-state index in [1.165, 1.54) is 6.07 Å². The summed E-state index contributed by atoms with van der Waals surface area (Å²) < 4.78 is 6.75. The van der Waals surface area contributed by atoms with Crippen LogP contribution in [-0.4, -0.2) is 10.9 Å². The van der Waals surface area contributed by atoms with Crippen molar-refractivity contribution in [2.75, 3.05) is 5.32 Å². The molecule has 0 aliphatic carbocycles. The number of carbonyl (C=O) groups excluding carboxylic acids is 1. The number of aromatic nitrogens is 1. The van der Waals surface area contributed by atoms with Crippen LogP contribution < -0.4 is 5.32 Å². The van der Waals surface area contributed by atoms with Gasteiger partial charge in [0.15, 0.2) is 5.58 Å². The quantitative estimate of drug-likeness (QED) is 0.364. The van der Waals surface area contributed by atoms with Gasteiger partial charge in [-0.2, -0.15) is 0 Å². The second-order valence-electron chi connectivity index (χ2n) is 5.79. The van der Waals surface area contributed by atoms with E-state index in [1.54, 1.807) is 30.3 Å². The molecule has 0 saturated carbocycles. The zero-order valence-electron chi connectivity index (χ0n) is 13.7. The maximum Gasteiger partial charge on any atom is 0.257 e. The first kappa shape index (κ1) is 18.0. The van der Waals surface area contributed by atoms with Gasteiger partial charge in [0.05, 0.1) is 10.6 Å². The van der Waals surface area contributed by atoms with Crippen molar-refractivity contribution in [3.63, 3.8) is 0 Å². The lowest BCUT2D eigenvalue weighted by Crippen LogP contribution is -2.12. The number of nitrogens with one attached hydrogen (secondary N) is 1. The minimum Gasteiger partial charge on any atom is -0.436 e. The maximum absolute atomic E-state index is 12.5. The standard InChI is InChI=1S/C20H11BrCl2N2O2/c21-12-3-1-2-11(8-12)20-25-17-10-14(5-7-18(17)27-20)24-19(26)15-6-4-13(22)9-16(15)23/h1-10H,(H,24,26). The molecule has 134 valence electrons. The summed E-state index contributed by atoms with van der Waals surface area (Å²) in [6, 6.07) is 17.7. The minimum absolute atomic E-state index is 0.291. The highest BCUT2D eigenvalue weighted by Gasteiger charge is 2.13. The van der Waals surface area contributed by atoms with E-state index in [4.69, 9.17) is 27.6 Å². The Balaban J connectivity index is 1.62. The first-order valence-electron chi connectivity index (χ1n) is 7.92. The van der Waals surface area contributed by atoms with E-state index in [9.17, 15) is 4.79 Å². The lowest BCUT2D eigenvalue weighted by atomic mass is 10.2. The van der Waals surface area contributed by atoms with Gasteiger partial charge in [0.2, 0.25) is 5.89 Å². The number of nitrogens with zero attached hydrogens (tertiary/aromatic N) is 1. The van der Waals surface area contributed by atoms with Crippen LogP contribution in [0.15, 0.2) is 69.6 Å². The third kappa shape index (κ3) is 3.86. The fourth-order valence-electron chi connectivity index (χ4n) is 2.62. The van der Waals surface area contributed by atoms with Crippen molar-refractivity contribution in [2.24, 2.45) is 0 Å². The number of hydrogen-bond donors (Lipinski definition) is 1. The first-order valence-corrected chi connectivity index (χ1v) is 9.47. The van der Waals surface area contributed by atoms with E-state index in [0.29, 0.717) is 38.3 Å². The largest absolute Gasteiger partial charge is 0.436 e. The number of halogens is 3. The predicted octanol–water partition coefficient (Wildman–Crippen LogP) is 6.82. The van der Waals surface area contributed by atoms with Crippen molar-refractivity contribution in [3.8, 4) is 11.5 Å². The van der Waals surface area contributed by atoms with E-state index in [0.717, 1.165) is 10.0 Å². The number of carbonyl (C=O) groups is 1. The summed E-state index contributed by atoms with van der Waals surface area (Å²) in [7, 11) is 0. The molecule has 0 bridgehead atoms. The minimum atomic E-state index is -0.327. The first-order chi connectivity index (χ1) is 13.0. The van der Waals surface area contributed by atoms with Crippen LogP contribution in [0.2, 0.25) is 10.0 Å². The van der Waals surface area contributed by atoms with Crippen molar-refractivity contribution in [3.05, 3.63) is 80.7 Å². The molecule has 4 aromatic rings. The molecule has 1 N–H and O–H groups in total. The van der Waals surface area contributed by atoms with Gasteiger partial charge in [-0.25, -0.2) is 4.98 Å². The van der Waals surface area contributed by atoms with E-state index in [1.807, 2.05) is 24.3 Å². The molecule has 3 aromatic carbocycles. The molecule has 1 heterocycles. The Morgan fingerprint density at radius 1 is 1.04 bits per heavy atom. The molecule has 0 aliphatic rings. The van der Waals surface area contributed by atoms with Crippen molar-refractivity contribution < 1.29 is 9.21 Å². The molecule has 7 heteroatoms. The second kappa shape index (κ2) is 7.35. The van der Waals surface area contributed by atoms with Crippen molar-refractivity contribution in [2.45, 2.75) is 0 Å². The summed E-state index contributed by atoms with van der Waals surface area (Å²) in [6.45, 7) is 0.